The fourth-order valence-corrected chi connectivity index (χ4v) is 2.55. The molecule has 8 heteroatoms. The minimum absolute atomic E-state index is 0.263. The Kier molecular flexibility index (Phi) is 7.75. The second-order valence-electron chi connectivity index (χ2n) is 6.52. The van der Waals surface area contributed by atoms with Crippen molar-refractivity contribution in [1.29, 1.82) is 5.26 Å². The Morgan fingerprint density at radius 2 is 1.76 bits per heavy atom. The zero-order valence-corrected chi connectivity index (χ0v) is 16.7. The lowest BCUT2D eigenvalue weighted by molar-refractivity contribution is -0.150. The van der Waals surface area contributed by atoms with Crippen LogP contribution in [0, 0.1) is 17.2 Å². The smallest absolute Gasteiger partial charge is 0.329 e. The molecule has 2 N–H and O–H groups in total. The van der Waals surface area contributed by atoms with Gasteiger partial charge in [0.05, 0.1) is 11.3 Å². The number of anilines is 1. The van der Waals surface area contributed by atoms with Crippen LogP contribution in [0.5, 0.6) is 0 Å². The maximum absolute atomic E-state index is 12.4. The summed E-state index contributed by atoms with van der Waals surface area (Å²) in [6, 6.07) is 13.7. The number of para-hydroxylation sites is 1. The summed E-state index contributed by atoms with van der Waals surface area (Å²) in [6.45, 7) is 2.95. The lowest BCUT2D eigenvalue weighted by Crippen LogP contribution is -2.45. The van der Waals surface area contributed by atoms with Crippen molar-refractivity contribution in [3.05, 3.63) is 64.7 Å². The molecule has 7 nitrogen and oxygen atoms in total. The zero-order valence-electron chi connectivity index (χ0n) is 15.9. The van der Waals surface area contributed by atoms with Crippen molar-refractivity contribution in [3.8, 4) is 6.07 Å². The van der Waals surface area contributed by atoms with Gasteiger partial charge in [0, 0.05) is 10.6 Å². The van der Waals surface area contributed by atoms with Gasteiger partial charge in [0.1, 0.15) is 12.1 Å². The summed E-state index contributed by atoms with van der Waals surface area (Å²) < 4.78 is 5.06. The number of hydrogen-bond donors (Lipinski definition) is 2. The molecular weight excluding hydrogens is 394 g/mol. The Hall–Kier alpha value is -3.37. The van der Waals surface area contributed by atoms with Gasteiger partial charge >= 0.3 is 5.97 Å². The summed E-state index contributed by atoms with van der Waals surface area (Å²) >= 11 is 5.81. The lowest BCUT2D eigenvalue weighted by atomic mass is 10.0. The standard InChI is InChI=1S/C21H20ClN3O4/c1-13(2)19(25-20(27)14-7-9-16(22)10-8-14)21(28)29-12-18(26)24-17-6-4-3-5-15(17)11-23/h3-10,13,19H,12H2,1-2H3,(H,24,26)(H,25,27)/t19-/m1/s1. The highest BCUT2D eigenvalue weighted by Crippen LogP contribution is 2.14. The molecule has 2 rings (SSSR count). The highest BCUT2D eigenvalue weighted by atomic mass is 35.5. The molecule has 0 saturated heterocycles. The number of carbonyl (C=O) groups is 3. The molecule has 150 valence electrons. The van der Waals surface area contributed by atoms with E-state index >= 15 is 0 Å². The molecular formula is C21H20ClN3O4. The number of carbonyl (C=O) groups excluding carboxylic acids is 3. The molecule has 0 fully saturated rings. The third-order valence-corrected chi connectivity index (χ3v) is 4.23. The summed E-state index contributed by atoms with van der Waals surface area (Å²) in [5, 5.41) is 14.7. The number of halogens is 1. The molecule has 1 atom stereocenters. The molecule has 0 radical (unpaired) electrons. The highest BCUT2D eigenvalue weighted by Gasteiger charge is 2.26. The van der Waals surface area contributed by atoms with Gasteiger partial charge in [-0.05, 0) is 42.3 Å². The SMILES string of the molecule is CC(C)[C@@H](NC(=O)c1ccc(Cl)cc1)C(=O)OCC(=O)Nc1ccccc1C#N. The molecule has 0 aliphatic carbocycles. The molecule has 2 aromatic rings. The number of esters is 1. The fourth-order valence-electron chi connectivity index (χ4n) is 2.43. The average molecular weight is 414 g/mol. The third-order valence-electron chi connectivity index (χ3n) is 3.98. The molecule has 0 aliphatic rings. The largest absolute Gasteiger partial charge is 0.454 e. The first-order valence-corrected chi connectivity index (χ1v) is 9.21. The van der Waals surface area contributed by atoms with Gasteiger partial charge in [0.25, 0.3) is 11.8 Å². The number of hydrogen-bond acceptors (Lipinski definition) is 5. The van der Waals surface area contributed by atoms with E-state index in [1.165, 1.54) is 0 Å². The molecule has 0 bridgehead atoms. The van der Waals surface area contributed by atoms with Gasteiger partial charge in [-0.25, -0.2) is 4.79 Å². The van der Waals surface area contributed by atoms with E-state index in [2.05, 4.69) is 10.6 Å². The van der Waals surface area contributed by atoms with Gasteiger partial charge in [-0.1, -0.05) is 37.6 Å². The predicted molar refractivity (Wildman–Crippen MR) is 108 cm³/mol. The van der Waals surface area contributed by atoms with Crippen LogP contribution < -0.4 is 10.6 Å². The van der Waals surface area contributed by atoms with Gasteiger partial charge < -0.3 is 15.4 Å². The van der Waals surface area contributed by atoms with E-state index < -0.39 is 30.4 Å². The molecule has 0 aliphatic heterocycles. The van der Waals surface area contributed by atoms with E-state index in [1.807, 2.05) is 6.07 Å². The molecule has 0 aromatic heterocycles. The van der Waals surface area contributed by atoms with E-state index in [4.69, 9.17) is 21.6 Å². The summed E-state index contributed by atoms with van der Waals surface area (Å²) in [4.78, 5) is 36.8. The molecule has 2 aromatic carbocycles. The lowest BCUT2D eigenvalue weighted by Gasteiger charge is -2.21. The minimum Gasteiger partial charge on any atom is -0.454 e. The second kappa shape index (κ2) is 10.2. The minimum atomic E-state index is -0.933. The molecule has 2 amide bonds. The molecule has 0 saturated carbocycles. The Bertz CT molecular complexity index is 936. The number of rotatable bonds is 7. The monoisotopic (exact) mass is 413 g/mol. The van der Waals surface area contributed by atoms with Crippen molar-refractivity contribution in [1.82, 2.24) is 5.32 Å². The van der Waals surface area contributed by atoms with Crippen molar-refractivity contribution in [2.45, 2.75) is 19.9 Å². The van der Waals surface area contributed by atoms with Crippen LogP contribution in [0.2, 0.25) is 5.02 Å². The first-order chi connectivity index (χ1) is 13.8. The first-order valence-electron chi connectivity index (χ1n) is 8.84. The Morgan fingerprint density at radius 3 is 2.38 bits per heavy atom. The van der Waals surface area contributed by atoms with Crippen LogP contribution in [0.25, 0.3) is 0 Å². The molecule has 0 unspecified atom stereocenters. The highest BCUT2D eigenvalue weighted by molar-refractivity contribution is 6.30. The van der Waals surface area contributed by atoms with Crippen LogP contribution in [-0.4, -0.2) is 30.4 Å². The van der Waals surface area contributed by atoms with E-state index in [1.54, 1.807) is 62.4 Å². The number of nitriles is 1. The summed E-state index contributed by atoms with van der Waals surface area (Å²) in [7, 11) is 0. The van der Waals surface area contributed by atoms with Crippen molar-refractivity contribution < 1.29 is 19.1 Å². The van der Waals surface area contributed by atoms with Gasteiger partial charge in [-0.3, -0.25) is 9.59 Å². The van der Waals surface area contributed by atoms with E-state index in [0.29, 0.717) is 21.8 Å². The quantitative estimate of drug-likeness (QED) is 0.678. The summed E-state index contributed by atoms with van der Waals surface area (Å²) in [5.74, 6) is -2.04. The van der Waals surface area contributed by atoms with Gasteiger partial charge in [0.2, 0.25) is 0 Å². The first kappa shape index (κ1) is 21.9. The number of nitrogens with one attached hydrogen (secondary N) is 2. The number of amides is 2. The van der Waals surface area contributed by atoms with E-state index in [0.717, 1.165) is 0 Å². The van der Waals surface area contributed by atoms with Crippen molar-refractivity contribution in [2.75, 3.05) is 11.9 Å². The average Bonchev–Trinajstić information content (AvgIpc) is 2.70. The topological polar surface area (TPSA) is 108 Å². The molecule has 0 spiro atoms. The van der Waals surface area contributed by atoms with Gasteiger partial charge in [-0.2, -0.15) is 5.26 Å². The van der Waals surface area contributed by atoms with Gasteiger partial charge in [0.15, 0.2) is 6.61 Å². The normalized spacial score (nSPS) is 11.3. The summed E-state index contributed by atoms with van der Waals surface area (Å²) in [6.07, 6.45) is 0. The van der Waals surface area contributed by atoms with Crippen LogP contribution in [0.1, 0.15) is 29.8 Å². The second-order valence-corrected chi connectivity index (χ2v) is 6.95. The molecule has 0 heterocycles. The number of benzene rings is 2. The van der Waals surface area contributed by atoms with Crippen molar-refractivity contribution >= 4 is 35.1 Å². The number of nitrogens with zero attached hydrogens (tertiary/aromatic N) is 1. The van der Waals surface area contributed by atoms with Crippen molar-refractivity contribution in [2.24, 2.45) is 5.92 Å². The van der Waals surface area contributed by atoms with Crippen LogP contribution in [0.15, 0.2) is 48.5 Å². The van der Waals surface area contributed by atoms with Crippen LogP contribution in [0.3, 0.4) is 0 Å². The van der Waals surface area contributed by atoms with Crippen LogP contribution >= 0.6 is 11.6 Å². The van der Waals surface area contributed by atoms with Crippen LogP contribution in [-0.2, 0) is 14.3 Å². The predicted octanol–water partition coefficient (Wildman–Crippen LogP) is 3.15. The Balaban J connectivity index is 1.95. The van der Waals surface area contributed by atoms with Gasteiger partial charge in [-0.15, -0.1) is 0 Å². The third kappa shape index (κ3) is 6.33. The molecule has 29 heavy (non-hydrogen) atoms. The number of ether oxygens (including phenoxy) is 1. The maximum atomic E-state index is 12.4. The van der Waals surface area contributed by atoms with Crippen molar-refractivity contribution in [3.63, 3.8) is 0 Å². The van der Waals surface area contributed by atoms with Crippen LogP contribution in [0.4, 0.5) is 5.69 Å². The van der Waals surface area contributed by atoms with E-state index in [-0.39, 0.29) is 5.92 Å². The summed E-state index contributed by atoms with van der Waals surface area (Å²) in [5.41, 5.74) is 0.966. The van der Waals surface area contributed by atoms with E-state index in [9.17, 15) is 14.4 Å². The Morgan fingerprint density at radius 1 is 1.10 bits per heavy atom. The fraction of sp³-hybridized carbons (Fsp3) is 0.238. The maximum Gasteiger partial charge on any atom is 0.329 e. The Labute approximate surface area is 173 Å². The zero-order chi connectivity index (χ0) is 21.4.